The minimum absolute atomic E-state index is 0.0935. The van der Waals surface area contributed by atoms with Gasteiger partial charge in [-0.25, -0.2) is 13.5 Å². The van der Waals surface area contributed by atoms with E-state index in [2.05, 4.69) is 20.8 Å². The van der Waals surface area contributed by atoms with Gasteiger partial charge in [-0.15, -0.1) is 5.10 Å². The first-order valence-corrected chi connectivity index (χ1v) is 10.3. The van der Waals surface area contributed by atoms with Crippen LogP contribution in [0, 0.1) is 11.6 Å². The summed E-state index contributed by atoms with van der Waals surface area (Å²) in [5, 5.41) is 14.9. The number of likely N-dealkylation sites (tertiary alicyclic amines) is 1. The zero-order valence-corrected chi connectivity index (χ0v) is 17.3. The Kier molecular flexibility index (Phi) is 6.53. The van der Waals surface area contributed by atoms with Crippen LogP contribution in [0.3, 0.4) is 0 Å². The van der Waals surface area contributed by atoms with Crippen molar-refractivity contribution in [2.75, 3.05) is 13.1 Å². The van der Waals surface area contributed by atoms with Crippen molar-refractivity contribution in [3.63, 3.8) is 0 Å². The lowest BCUT2D eigenvalue weighted by Gasteiger charge is -2.23. The second-order valence-electron chi connectivity index (χ2n) is 7.54. The Labute approximate surface area is 183 Å². The highest BCUT2D eigenvalue weighted by Gasteiger charge is 2.38. The van der Waals surface area contributed by atoms with Crippen molar-refractivity contribution in [3.8, 4) is 0 Å². The summed E-state index contributed by atoms with van der Waals surface area (Å²) < 4.78 is 28.6. The minimum atomic E-state index is -0.906. The molecule has 1 saturated heterocycles. The third-order valence-electron chi connectivity index (χ3n) is 5.39. The van der Waals surface area contributed by atoms with E-state index in [4.69, 9.17) is 11.6 Å². The fourth-order valence-corrected chi connectivity index (χ4v) is 4.08. The molecule has 4 rings (SSSR count). The topological polar surface area (TPSA) is 75.9 Å². The predicted molar refractivity (Wildman–Crippen MR) is 110 cm³/mol. The molecule has 0 saturated carbocycles. The number of hydrogen-bond donors (Lipinski definition) is 1. The van der Waals surface area contributed by atoms with E-state index in [-0.39, 0.29) is 11.9 Å². The van der Waals surface area contributed by atoms with E-state index in [0.29, 0.717) is 43.1 Å². The van der Waals surface area contributed by atoms with Crippen LogP contribution in [0.4, 0.5) is 8.78 Å². The van der Waals surface area contributed by atoms with Gasteiger partial charge in [-0.1, -0.05) is 29.8 Å². The monoisotopic (exact) mass is 446 g/mol. The summed E-state index contributed by atoms with van der Waals surface area (Å²) in [7, 11) is 0. The lowest BCUT2D eigenvalue weighted by atomic mass is 10.1. The number of aromatic nitrogens is 4. The predicted octanol–water partition coefficient (Wildman–Crippen LogP) is 2.78. The van der Waals surface area contributed by atoms with Gasteiger partial charge in [0.2, 0.25) is 5.91 Å². The fraction of sp³-hybridized carbons (Fsp3) is 0.333. The summed E-state index contributed by atoms with van der Waals surface area (Å²) >= 11 is 6.01. The number of halogens is 3. The first kappa shape index (κ1) is 21.3. The molecule has 1 fully saturated rings. The molecule has 10 heteroatoms. The molecule has 0 unspecified atom stereocenters. The largest absolute Gasteiger partial charge is 0.354 e. The highest BCUT2D eigenvalue weighted by molar-refractivity contribution is 6.30. The summed E-state index contributed by atoms with van der Waals surface area (Å²) in [5.74, 6) is -1.93. The van der Waals surface area contributed by atoms with E-state index < -0.39 is 17.7 Å². The van der Waals surface area contributed by atoms with Crippen LogP contribution in [0.5, 0.6) is 0 Å². The highest BCUT2D eigenvalue weighted by atomic mass is 35.5. The minimum Gasteiger partial charge on any atom is -0.354 e. The molecule has 7 nitrogen and oxygen atoms in total. The van der Waals surface area contributed by atoms with Crippen molar-refractivity contribution in [1.29, 1.82) is 0 Å². The number of nitrogens with one attached hydrogen (secondary N) is 1. The van der Waals surface area contributed by atoms with E-state index in [1.54, 1.807) is 10.7 Å². The van der Waals surface area contributed by atoms with E-state index in [1.165, 1.54) is 12.4 Å². The van der Waals surface area contributed by atoms with Crippen LogP contribution in [-0.2, 0) is 17.8 Å². The maximum absolute atomic E-state index is 13.7. The van der Waals surface area contributed by atoms with Crippen molar-refractivity contribution < 1.29 is 13.6 Å². The molecule has 1 amide bonds. The summed E-state index contributed by atoms with van der Waals surface area (Å²) in [4.78, 5) is 14.9. The van der Waals surface area contributed by atoms with Gasteiger partial charge in [0.05, 0.1) is 12.1 Å². The van der Waals surface area contributed by atoms with E-state index >= 15 is 0 Å². The average Bonchev–Trinajstić information content (AvgIpc) is 3.41. The Bertz CT molecular complexity index is 1050. The maximum atomic E-state index is 13.7. The van der Waals surface area contributed by atoms with Crippen LogP contribution in [-0.4, -0.2) is 50.1 Å². The molecule has 1 aliphatic heterocycles. The highest BCUT2D eigenvalue weighted by Crippen LogP contribution is 2.28. The summed E-state index contributed by atoms with van der Waals surface area (Å²) in [5.41, 5.74) is 1.62. The standard InChI is InChI=1S/C21H21ClF2N6O/c22-16-3-1-2-14(8-16)6-7-25-21(31)20-10-17(30-13-26-27-28-30)12-29(20)11-15-4-5-18(23)19(24)9-15/h1-5,8-9,13,17,20H,6-7,10-12H2,(H,25,31)/t17-,20+/m1/s1. The zero-order valence-electron chi connectivity index (χ0n) is 16.6. The zero-order chi connectivity index (χ0) is 21.8. The molecule has 31 heavy (non-hydrogen) atoms. The van der Waals surface area contributed by atoms with Gasteiger partial charge in [0.25, 0.3) is 0 Å². The van der Waals surface area contributed by atoms with Crippen molar-refractivity contribution in [2.45, 2.75) is 31.5 Å². The average molecular weight is 447 g/mol. The summed E-state index contributed by atoms with van der Waals surface area (Å²) in [6, 6.07) is 10.7. The lowest BCUT2D eigenvalue weighted by Crippen LogP contribution is -2.43. The maximum Gasteiger partial charge on any atom is 0.237 e. The number of amides is 1. The second kappa shape index (κ2) is 9.49. The van der Waals surface area contributed by atoms with Crippen LogP contribution in [0.25, 0.3) is 0 Å². The van der Waals surface area contributed by atoms with Gasteiger partial charge in [0.1, 0.15) is 6.33 Å². The van der Waals surface area contributed by atoms with Crippen molar-refractivity contribution >= 4 is 17.5 Å². The molecule has 0 aliphatic carbocycles. The lowest BCUT2D eigenvalue weighted by molar-refractivity contribution is -0.125. The van der Waals surface area contributed by atoms with Crippen molar-refractivity contribution in [3.05, 3.63) is 76.6 Å². The van der Waals surface area contributed by atoms with Gasteiger partial charge in [0, 0.05) is 24.7 Å². The van der Waals surface area contributed by atoms with Crippen LogP contribution in [0.2, 0.25) is 5.02 Å². The number of carbonyl (C=O) groups is 1. The first-order valence-electron chi connectivity index (χ1n) is 9.92. The Balaban J connectivity index is 1.43. The van der Waals surface area contributed by atoms with Crippen molar-refractivity contribution in [1.82, 2.24) is 30.4 Å². The Morgan fingerprint density at radius 1 is 1.16 bits per heavy atom. The number of hydrogen-bond acceptors (Lipinski definition) is 5. The molecule has 2 heterocycles. The van der Waals surface area contributed by atoms with E-state index in [1.807, 2.05) is 23.1 Å². The molecular formula is C21H21ClF2N6O. The third kappa shape index (κ3) is 5.23. The van der Waals surface area contributed by atoms with Gasteiger partial charge in [0.15, 0.2) is 11.6 Å². The van der Waals surface area contributed by atoms with Crippen LogP contribution in [0.1, 0.15) is 23.6 Å². The fourth-order valence-electron chi connectivity index (χ4n) is 3.87. The molecule has 0 radical (unpaired) electrons. The molecule has 162 valence electrons. The summed E-state index contributed by atoms with van der Waals surface area (Å²) in [6.07, 6.45) is 2.68. The molecular weight excluding hydrogens is 426 g/mol. The van der Waals surface area contributed by atoms with E-state index in [9.17, 15) is 13.6 Å². The van der Waals surface area contributed by atoms with Crippen LogP contribution in [0.15, 0.2) is 48.8 Å². The molecule has 3 aromatic rings. The number of tetrazole rings is 1. The number of benzene rings is 2. The summed E-state index contributed by atoms with van der Waals surface area (Å²) in [6.45, 7) is 1.28. The Morgan fingerprint density at radius 3 is 2.77 bits per heavy atom. The Hall–Kier alpha value is -2.91. The molecule has 0 bridgehead atoms. The molecule has 2 atom stereocenters. The third-order valence-corrected chi connectivity index (χ3v) is 5.63. The van der Waals surface area contributed by atoms with Gasteiger partial charge in [-0.2, -0.15) is 0 Å². The molecule has 2 aromatic carbocycles. The number of nitrogens with zero attached hydrogens (tertiary/aromatic N) is 5. The van der Waals surface area contributed by atoms with Gasteiger partial charge in [-0.05, 0) is 58.7 Å². The molecule has 1 aromatic heterocycles. The molecule has 0 spiro atoms. The van der Waals surface area contributed by atoms with Gasteiger partial charge >= 0.3 is 0 Å². The van der Waals surface area contributed by atoms with Crippen LogP contribution < -0.4 is 5.32 Å². The normalized spacial score (nSPS) is 18.9. The molecule has 1 aliphatic rings. The second-order valence-corrected chi connectivity index (χ2v) is 7.98. The van der Waals surface area contributed by atoms with Gasteiger partial charge < -0.3 is 5.32 Å². The molecule has 1 N–H and O–H groups in total. The van der Waals surface area contributed by atoms with E-state index in [0.717, 1.165) is 17.7 Å². The van der Waals surface area contributed by atoms with Crippen molar-refractivity contribution in [2.24, 2.45) is 0 Å². The quantitative estimate of drug-likeness (QED) is 0.604. The number of rotatable bonds is 7. The smallest absolute Gasteiger partial charge is 0.237 e. The van der Waals surface area contributed by atoms with Gasteiger partial charge in [-0.3, -0.25) is 9.69 Å². The van der Waals surface area contributed by atoms with Crippen LogP contribution >= 0.6 is 11.6 Å². The first-order chi connectivity index (χ1) is 15.0. The SMILES string of the molecule is O=C(NCCc1cccc(Cl)c1)[C@@H]1C[C@@H](n2cnnn2)CN1Cc1ccc(F)c(F)c1. The Morgan fingerprint density at radius 2 is 2.03 bits per heavy atom. The number of carbonyl (C=O) groups excluding carboxylic acids is 1.